The van der Waals surface area contributed by atoms with E-state index in [0.29, 0.717) is 0 Å². The van der Waals surface area contributed by atoms with Gasteiger partial charge < -0.3 is 11.8 Å². The maximum absolute atomic E-state index is 6.25. The van der Waals surface area contributed by atoms with Crippen molar-refractivity contribution in [3.63, 3.8) is 0 Å². The van der Waals surface area contributed by atoms with E-state index in [1.165, 1.54) is 11.1 Å². The Hall–Kier alpha value is -1.04. The molecule has 0 bridgehead atoms. The second kappa shape index (κ2) is 9.05. The number of nitrogens with zero attached hydrogens (tertiary/aromatic N) is 1. The van der Waals surface area contributed by atoms with Crippen molar-refractivity contribution in [3.8, 4) is 0 Å². The van der Waals surface area contributed by atoms with Gasteiger partial charge in [0, 0.05) is 0 Å². The molecule has 0 aliphatic heterocycles. The van der Waals surface area contributed by atoms with Crippen LogP contribution in [0, 0.1) is 17.9 Å². The van der Waals surface area contributed by atoms with Gasteiger partial charge in [-0.25, -0.2) is 5.57 Å². The zero-order valence-corrected chi connectivity index (χ0v) is 8.71. The molecule has 1 radical (unpaired) electrons. The van der Waals surface area contributed by atoms with Gasteiger partial charge in [0.2, 0.25) is 0 Å². The van der Waals surface area contributed by atoms with Crippen LogP contribution in [0.1, 0.15) is 19.4 Å². The van der Waals surface area contributed by atoms with Gasteiger partial charge in [-0.15, -0.1) is 19.1 Å². The van der Waals surface area contributed by atoms with Gasteiger partial charge in [0.1, 0.15) is 0 Å². The van der Waals surface area contributed by atoms with Crippen LogP contribution in [-0.4, -0.2) is 0 Å². The number of rotatable bonds is 1. The molecule has 1 aromatic rings. The van der Waals surface area contributed by atoms with Crippen LogP contribution in [0.2, 0.25) is 0 Å². The van der Waals surface area contributed by atoms with Crippen LogP contribution in [-0.2, 0) is 16.8 Å². The predicted octanol–water partition coefficient (Wildman–Crippen LogP) is 3.01. The summed E-state index contributed by atoms with van der Waals surface area (Å²) >= 11 is 0. The SMILES string of the molecule is C[C-]=C(C)c1ccccc1.[C-]#N.[Co+2]. The Morgan fingerprint density at radius 2 is 1.69 bits per heavy atom. The van der Waals surface area contributed by atoms with Crippen molar-refractivity contribution in [2.75, 3.05) is 0 Å². The van der Waals surface area contributed by atoms with Gasteiger partial charge in [-0.1, -0.05) is 25.1 Å². The second-order valence-electron chi connectivity index (χ2n) is 2.24. The van der Waals surface area contributed by atoms with Crippen LogP contribution in [0.3, 0.4) is 0 Å². The standard InChI is InChI=1S/C10H11.CN.Co/c1-3-9(2)10-7-5-4-6-8-10;1-2;/h4-8H,1-2H3;;/q2*-1;+2. The summed E-state index contributed by atoms with van der Waals surface area (Å²) in [5, 5.41) is 6.25. The Labute approximate surface area is 90.3 Å². The quantitative estimate of drug-likeness (QED) is 0.662. The molecule has 0 aromatic heterocycles. The minimum atomic E-state index is 0. The molecule has 0 N–H and O–H groups in total. The molecule has 13 heavy (non-hydrogen) atoms. The van der Waals surface area contributed by atoms with Gasteiger partial charge in [0.15, 0.2) is 0 Å². The van der Waals surface area contributed by atoms with Crippen LogP contribution in [0.15, 0.2) is 30.3 Å². The molecule has 0 amide bonds. The van der Waals surface area contributed by atoms with E-state index >= 15 is 0 Å². The Bertz CT molecular complexity index is 262. The average molecular weight is 216 g/mol. The predicted molar refractivity (Wildman–Crippen MR) is 49.4 cm³/mol. The van der Waals surface area contributed by atoms with Gasteiger partial charge in [0.05, 0.1) is 0 Å². The maximum atomic E-state index is 6.25. The third kappa shape index (κ3) is 5.24. The Morgan fingerprint density at radius 3 is 2.08 bits per heavy atom. The van der Waals surface area contributed by atoms with Gasteiger partial charge in [-0.05, 0) is 0 Å². The Morgan fingerprint density at radius 1 is 1.23 bits per heavy atom. The second-order valence-corrected chi connectivity index (χ2v) is 2.24. The smallest absolute Gasteiger partial charge is 0.512 e. The third-order valence-electron chi connectivity index (χ3n) is 1.58. The average Bonchev–Trinajstić information content (AvgIpc) is 2.21. The molecule has 0 spiro atoms. The van der Waals surface area contributed by atoms with Crippen molar-refractivity contribution in [2.45, 2.75) is 13.8 Å². The van der Waals surface area contributed by atoms with Crippen LogP contribution in [0.25, 0.3) is 5.57 Å². The first-order valence-electron chi connectivity index (χ1n) is 3.63. The number of allylic oxidation sites excluding steroid dienone is 2. The fraction of sp³-hybridized carbons (Fsp3) is 0.182. The van der Waals surface area contributed by atoms with E-state index < -0.39 is 0 Å². The molecule has 0 atom stereocenters. The minimum Gasteiger partial charge on any atom is -0.512 e. The topological polar surface area (TPSA) is 23.8 Å². The zero-order chi connectivity index (χ0) is 9.40. The zero-order valence-electron chi connectivity index (χ0n) is 7.67. The normalized spacial score (nSPS) is 9.08. The number of hydrogen-bond acceptors (Lipinski definition) is 1. The van der Waals surface area contributed by atoms with Gasteiger partial charge in [-0.2, -0.15) is 5.56 Å². The molecule has 0 saturated carbocycles. The van der Waals surface area contributed by atoms with E-state index in [4.69, 9.17) is 11.8 Å². The molecule has 1 nitrogen and oxygen atoms in total. The molecule has 1 aromatic carbocycles. The summed E-state index contributed by atoms with van der Waals surface area (Å²) in [7, 11) is 0. The van der Waals surface area contributed by atoms with Crippen molar-refractivity contribution in [2.24, 2.45) is 0 Å². The summed E-state index contributed by atoms with van der Waals surface area (Å²) in [6.45, 7) is 8.75. The van der Waals surface area contributed by atoms with Crippen molar-refractivity contribution < 1.29 is 16.8 Å². The summed E-state index contributed by atoms with van der Waals surface area (Å²) in [5.41, 5.74) is 2.46. The summed E-state index contributed by atoms with van der Waals surface area (Å²) in [4.78, 5) is 0. The van der Waals surface area contributed by atoms with Crippen molar-refractivity contribution in [1.29, 1.82) is 5.26 Å². The first-order valence-corrected chi connectivity index (χ1v) is 3.63. The van der Waals surface area contributed by atoms with Gasteiger partial charge in [-0.3, -0.25) is 6.08 Å². The number of hydrogen-bond donors (Lipinski definition) is 0. The molecule has 0 fully saturated rings. The van der Waals surface area contributed by atoms with E-state index in [1.54, 1.807) is 0 Å². The van der Waals surface area contributed by atoms with E-state index in [1.807, 2.05) is 25.1 Å². The fourth-order valence-electron chi connectivity index (χ4n) is 0.832. The summed E-state index contributed by atoms with van der Waals surface area (Å²) in [6.07, 6.45) is 3.10. The molecule has 69 valence electrons. The van der Waals surface area contributed by atoms with E-state index in [2.05, 4.69) is 25.1 Å². The molecule has 1 rings (SSSR count). The Kier molecular flexibility index (Phi) is 10.1. The maximum Gasteiger partial charge on any atom is 2.00 e. The van der Waals surface area contributed by atoms with E-state index in [-0.39, 0.29) is 16.8 Å². The van der Waals surface area contributed by atoms with Crippen LogP contribution in [0.4, 0.5) is 0 Å². The molecule has 2 heteroatoms. The van der Waals surface area contributed by atoms with E-state index in [9.17, 15) is 0 Å². The minimum absolute atomic E-state index is 0. The molecule has 0 saturated heterocycles. The molecular formula is C11H11CoN. The number of benzene rings is 1. The van der Waals surface area contributed by atoms with Crippen molar-refractivity contribution >= 4 is 5.57 Å². The molecule has 0 aliphatic carbocycles. The first-order chi connectivity index (χ1) is 5.84. The largest absolute Gasteiger partial charge is 2.00 e. The molecular weight excluding hydrogens is 205 g/mol. The Balaban J connectivity index is 0. The summed E-state index contributed by atoms with van der Waals surface area (Å²) in [6, 6.07) is 10.3. The first kappa shape index (κ1) is 14.5. The van der Waals surface area contributed by atoms with Crippen LogP contribution < -0.4 is 0 Å². The fourth-order valence-corrected chi connectivity index (χ4v) is 0.832. The molecule has 0 aliphatic rings. The monoisotopic (exact) mass is 216 g/mol. The van der Waals surface area contributed by atoms with Gasteiger partial charge >= 0.3 is 16.8 Å². The molecule has 0 heterocycles. The third-order valence-corrected chi connectivity index (χ3v) is 1.58. The van der Waals surface area contributed by atoms with Gasteiger partial charge in [0.25, 0.3) is 0 Å². The summed E-state index contributed by atoms with van der Waals surface area (Å²) in [5.74, 6) is 0. The van der Waals surface area contributed by atoms with Crippen molar-refractivity contribution in [1.82, 2.24) is 0 Å². The van der Waals surface area contributed by atoms with Crippen LogP contribution >= 0.6 is 0 Å². The van der Waals surface area contributed by atoms with Crippen LogP contribution in [0.5, 0.6) is 0 Å². The van der Waals surface area contributed by atoms with E-state index in [0.717, 1.165) is 0 Å². The van der Waals surface area contributed by atoms with Crippen molar-refractivity contribution in [3.05, 3.63) is 48.5 Å². The summed E-state index contributed by atoms with van der Waals surface area (Å²) < 4.78 is 0. The molecule has 0 unspecified atom stereocenters.